The Balaban J connectivity index is 0.00000220. The third kappa shape index (κ3) is 5.45. The Morgan fingerprint density at radius 3 is 2.76 bits per heavy atom. The lowest BCUT2D eigenvalue weighted by Gasteiger charge is -2.36. The number of rotatable bonds is 4. The van der Waals surface area contributed by atoms with E-state index in [4.69, 9.17) is 4.74 Å². The number of hydrazone groups is 1. The van der Waals surface area contributed by atoms with Crippen LogP contribution in [0.1, 0.15) is 5.56 Å². The number of ether oxygens (including phenoxy) is 1. The van der Waals surface area contributed by atoms with E-state index in [9.17, 15) is 9.90 Å². The fourth-order valence-corrected chi connectivity index (χ4v) is 2.09. The van der Waals surface area contributed by atoms with Gasteiger partial charge in [0.05, 0.1) is 26.5 Å². The molecule has 1 aliphatic rings. The number of phenolic OH excluding ortho intramolecular Hbond substituents is 1. The van der Waals surface area contributed by atoms with Crippen molar-refractivity contribution in [2.75, 3.05) is 39.9 Å². The molecule has 1 saturated heterocycles. The van der Waals surface area contributed by atoms with Gasteiger partial charge in [0, 0.05) is 5.56 Å². The van der Waals surface area contributed by atoms with Crippen molar-refractivity contribution in [2.45, 2.75) is 0 Å². The normalized spacial score (nSPS) is 17.2. The highest BCUT2D eigenvalue weighted by Gasteiger charge is 2.27. The molecule has 0 spiro atoms. The maximum atomic E-state index is 11.8. The number of phenols is 1. The molecule has 21 heavy (non-hydrogen) atoms. The lowest BCUT2D eigenvalue weighted by molar-refractivity contribution is -0.909. The molecule has 0 atom stereocenters. The number of amides is 1. The van der Waals surface area contributed by atoms with Gasteiger partial charge in [0.25, 0.3) is 5.91 Å². The molecule has 0 radical (unpaired) electrons. The Morgan fingerprint density at radius 1 is 1.43 bits per heavy atom. The van der Waals surface area contributed by atoms with Crippen molar-refractivity contribution in [1.29, 1.82) is 0 Å². The van der Waals surface area contributed by atoms with Crippen molar-refractivity contribution >= 4 is 12.1 Å². The molecule has 116 valence electrons. The van der Waals surface area contributed by atoms with Crippen LogP contribution in [0.25, 0.3) is 0 Å². The van der Waals surface area contributed by atoms with Crippen molar-refractivity contribution in [1.82, 2.24) is 5.43 Å². The number of nitrogens with zero attached hydrogens (tertiary/aromatic N) is 2. The second-order valence-corrected chi connectivity index (χ2v) is 5.19. The van der Waals surface area contributed by atoms with E-state index in [2.05, 4.69) is 10.5 Å². The predicted octanol–water partition coefficient (Wildman–Crippen LogP) is -2.68. The number of hydrogen-bond donors (Lipinski definition) is 2. The van der Waals surface area contributed by atoms with Crippen LogP contribution < -0.4 is 22.4 Å². The molecule has 1 aliphatic heterocycles. The zero-order chi connectivity index (χ0) is 14.4. The van der Waals surface area contributed by atoms with E-state index in [1.807, 2.05) is 7.05 Å². The van der Waals surface area contributed by atoms with Crippen LogP contribution in [-0.4, -0.2) is 61.6 Å². The van der Waals surface area contributed by atoms with E-state index in [-0.39, 0.29) is 28.6 Å². The average molecular weight is 358 g/mol. The van der Waals surface area contributed by atoms with Crippen molar-refractivity contribution < 1.29 is 36.1 Å². The molecule has 2 rings (SSSR count). The summed E-state index contributed by atoms with van der Waals surface area (Å²) in [6, 6.07) is 6.82. The lowest BCUT2D eigenvalue weighted by atomic mass is 10.2. The van der Waals surface area contributed by atoms with Crippen LogP contribution >= 0.6 is 0 Å². The van der Waals surface area contributed by atoms with E-state index in [0.29, 0.717) is 29.8 Å². The fourth-order valence-electron chi connectivity index (χ4n) is 2.09. The predicted molar refractivity (Wildman–Crippen MR) is 75.4 cm³/mol. The molecule has 0 saturated carbocycles. The van der Waals surface area contributed by atoms with Gasteiger partial charge in [-0.05, 0) is 12.1 Å². The van der Waals surface area contributed by atoms with Gasteiger partial charge in [-0.15, -0.1) is 0 Å². The number of carbonyl (C=O) groups is 1. The first-order valence-corrected chi connectivity index (χ1v) is 6.60. The van der Waals surface area contributed by atoms with Gasteiger partial charge in [0.1, 0.15) is 18.8 Å². The smallest absolute Gasteiger partial charge is 0.295 e. The van der Waals surface area contributed by atoms with Gasteiger partial charge in [0.15, 0.2) is 6.54 Å². The molecule has 6 nitrogen and oxygen atoms in total. The van der Waals surface area contributed by atoms with Gasteiger partial charge < -0.3 is 31.3 Å². The van der Waals surface area contributed by atoms with Gasteiger partial charge in [-0.2, -0.15) is 5.10 Å². The maximum absolute atomic E-state index is 11.8. The molecule has 2 N–H and O–H groups in total. The van der Waals surface area contributed by atoms with Crippen LogP contribution in [0, 0.1) is 0 Å². The quantitative estimate of drug-likeness (QED) is 0.350. The third-order valence-corrected chi connectivity index (χ3v) is 3.41. The van der Waals surface area contributed by atoms with E-state index in [1.165, 1.54) is 6.21 Å². The first-order chi connectivity index (χ1) is 9.59. The molecule has 7 heteroatoms. The zero-order valence-corrected chi connectivity index (χ0v) is 13.5. The van der Waals surface area contributed by atoms with Crippen LogP contribution in [0.15, 0.2) is 29.4 Å². The average Bonchev–Trinajstić information content (AvgIpc) is 2.41. The van der Waals surface area contributed by atoms with Crippen molar-refractivity contribution in [3.8, 4) is 5.75 Å². The molecule has 0 bridgehead atoms. The van der Waals surface area contributed by atoms with Gasteiger partial charge in [-0.1, -0.05) is 12.1 Å². The van der Waals surface area contributed by atoms with Crippen LogP contribution in [0.4, 0.5) is 0 Å². The van der Waals surface area contributed by atoms with E-state index >= 15 is 0 Å². The number of likely N-dealkylation sites (N-methyl/N-ethyl adjacent to an activating group) is 1. The summed E-state index contributed by atoms with van der Waals surface area (Å²) in [4.78, 5) is 11.8. The standard InChI is InChI=1S/C14H19N3O3.BrH/c1-17(6-8-20-9-7-17)11-14(19)16-15-10-12-4-2-3-5-13(12)18;/h2-5,10H,6-9,11H2,1H3,(H-,15,16,18,19);1H. The molecule has 1 fully saturated rings. The number of benzene rings is 1. The largest absolute Gasteiger partial charge is 1.00 e. The second-order valence-electron chi connectivity index (χ2n) is 5.19. The summed E-state index contributed by atoms with van der Waals surface area (Å²) in [5.41, 5.74) is 3.06. The summed E-state index contributed by atoms with van der Waals surface area (Å²) in [6.07, 6.45) is 1.44. The van der Waals surface area contributed by atoms with Gasteiger partial charge >= 0.3 is 0 Å². The Labute approximate surface area is 134 Å². The molecule has 0 aromatic heterocycles. The molecule has 0 aliphatic carbocycles. The van der Waals surface area contributed by atoms with Gasteiger partial charge in [-0.25, -0.2) is 5.43 Å². The third-order valence-electron chi connectivity index (χ3n) is 3.41. The summed E-state index contributed by atoms with van der Waals surface area (Å²) in [7, 11) is 2.04. The maximum Gasteiger partial charge on any atom is 0.295 e. The van der Waals surface area contributed by atoms with Gasteiger partial charge in [0.2, 0.25) is 0 Å². The number of hydrogen-bond acceptors (Lipinski definition) is 4. The molecule has 1 amide bonds. The summed E-state index contributed by atoms with van der Waals surface area (Å²) in [5.74, 6) is -0.00116. The monoisotopic (exact) mass is 357 g/mol. The first-order valence-electron chi connectivity index (χ1n) is 6.60. The number of quaternary nitrogens is 1. The van der Waals surface area contributed by atoms with Crippen molar-refractivity contribution in [2.24, 2.45) is 5.10 Å². The first kappa shape index (κ1) is 17.6. The van der Waals surface area contributed by atoms with Crippen LogP contribution in [0.5, 0.6) is 5.75 Å². The highest BCUT2D eigenvalue weighted by atomic mass is 79.9. The van der Waals surface area contributed by atoms with E-state index < -0.39 is 0 Å². The van der Waals surface area contributed by atoms with Crippen LogP contribution in [0.2, 0.25) is 0 Å². The van der Waals surface area contributed by atoms with E-state index in [0.717, 1.165) is 13.1 Å². The Morgan fingerprint density at radius 2 is 2.10 bits per heavy atom. The van der Waals surface area contributed by atoms with Crippen LogP contribution in [-0.2, 0) is 9.53 Å². The fraction of sp³-hybridized carbons (Fsp3) is 0.429. The number of nitrogens with one attached hydrogen (secondary N) is 1. The molecule has 1 aromatic carbocycles. The summed E-state index contributed by atoms with van der Waals surface area (Å²) < 4.78 is 5.96. The molecule has 0 unspecified atom stereocenters. The Bertz CT molecular complexity index is 502. The molecular formula is C14H20BrN3O3. The highest BCUT2D eigenvalue weighted by molar-refractivity contribution is 5.85. The minimum absolute atomic E-state index is 0. The number of halogens is 1. The van der Waals surface area contributed by atoms with Crippen molar-refractivity contribution in [3.63, 3.8) is 0 Å². The Kier molecular flexibility index (Phi) is 6.80. The molecule has 1 aromatic rings. The summed E-state index contributed by atoms with van der Waals surface area (Å²) >= 11 is 0. The number of carbonyl (C=O) groups excluding carboxylic acids is 1. The summed E-state index contributed by atoms with van der Waals surface area (Å²) in [5, 5.41) is 13.4. The lowest BCUT2D eigenvalue weighted by Crippen LogP contribution is -3.00. The highest BCUT2D eigenvalue weighted by Crippen LogP contribution is 2.12. The Hall–Kier alpha value is -1.44. The second kappa shape index (κ2) is 8.11. The SMILES string of the molecule is C[N+]1(CC(=O)NN=Cc2ccccc2O)CCOCC1.[Br-]. The van der Waals surface area contributed by atoms with Gasteiger partial charge in [-0.3, -0.25) is 4.79 Å². The topological polar surface area (TPSA) is 70.9 Å². The minimum Gasteiger partial charge on any atom is -1.00 e. The van der Waals surface area contributed by atoms with E-state index in [1.54, 1.807) is 24.3 Å². The molecule has 1 heterocycles. The zero-order valence-electron chi connectivity index (χ0n) is 12.0. The molecular weight excluding hydrogens is 338 g/mol. The number of aromatic hydroxyl groups is 1. The van der Waals surface area contributed by atoms with Crippen LogP contribution in [0.3, 0.4) is 0 Å². The number of para-hydroxylation sites is 1. The van der Waals surface area contributed by atoms with Crippen molar-refractivity contribution in [3.05, 3.63) is 29.8 Å². The minimum atomic E-state index is -0.138. The summed E-state index contributed by atoms with van der Waals surface area (Å²) in [6.45, 7) is 3.41. The number of morpholine rings is 1.